The van der Waals surface area contributed by atoms with E-state index in [-0.39, 0.29) is 5.41 Å². The van der Waals surface area contributed by atoms with Gasteiger partial charge in [0.15, 0.2) is 9.04 Å². The average molecular weight is 281 g/mol. The van der Waals surface area contributed by atoms with Crippen molar-refractivity contribution < 1.29 is 9.53 Å². The number of aliphatic hydroxyl groups is 1. The molecule has 108 valence electrons. The predicted octanol–water partition coefficient (Wildman–Crippen LogP) is 3.11. The Labute approximate surface area is 118 Å². The molecule has 0 aliphatic heterocycles. The van der Waals surface area contributed by atoms with E-state index >= 15 is 0 Å². The van der Waals surface area contributed by atoms with Gasteiger partial charge in [0, 0.05) is 5.41 Å². The number of pyridine rings is 1. The summed E-state index contributed by atoms with van der Waals surface area (Å²) < 4.78 is 5.83. The molecule has 0 saturated heterocycles. The van der Waals surface area contributed by atoms with Crippen molar-refractivity contribution in [1.29, 1.82) is 0 Å². The minimum atomic E-state index is -1.04. The summed E-state index contributed by atoms with van der Waals surface area (Å²) >= 11 is 0. The van der Waals surface area contributed by atoms with Crippen molar-refractivity contribution in [2.75, 3.05) is 0 Å². The third-order valence-corrected chi connectivity index (χ3v) is 3.72. The van der Waals surface area contributed by atoms with Gasteiger partial charge in [-0.25, -0.2) is 0 Å². The second-order valence-corrected chi connectivity index (χ2v) is 9.30. The molecule has 0 saturated carbocycles. The largest absolute Gasteiger partial charge is 0.416 e. The van der Waals surface area contributed by atoms with E-state index in [9.17, 15) is 5.11 Å². The molecule has 0 fully saturated rings. The van der Waals surface area contributed by atoms with Gasteiger partial charge in [-0.05, 0) is 38.6 Å². The summed E-state index contributed by atoms with van der Waals surface area (Å²) in [5, 5.41) is 10.1. The van der Waals surface area contributed by atoms with E-state index in [1.165, 1.54) is 0 Å². The quantitative estimate of drug-likeness (QED) is 0.862. The van der Waals surface area contributed by atoms with Crippen molar-refractivity contribution in [3.63, 3.8) is 0 Å². The summed E-state index contributed by atoms with van der Waals surface area (Å²) in [5.74, 6) is 0. The van der Waals surface area contributed by atoms with Crippen LogP contribution in [0.4, 0.5) is 0 Å². The average Bonchev–Trinajstić information content (AvgIpc) is 2.23. The maximum atomic E-state index is 10.1. The Hall–Kier alpha value is -0.713. The molecule has 0 unspecified atom stereocenters. The molecule has 4 heteroatoms. The van der Waals surface area contributed by atoms with E-state index in [0.29, 0.717) is 12.3 Å². The lowest BCUT2D eigenvalue weighted by atomic mass is 9.87. The zero-order chi connectivity index (χ0) is 14.8. The van der Waals surface area contributed by atoms with E-state index in [4.69, 9.17) is 4.43 Å². The van der Waals surface area contributed by atoms with Crippen LogP contribution in [0, 0.1) is 0 Å². The SMILES string of the molecule is C[SiH](C)OCc1ccc(C(C)(C)O)nc1C(C)(C)C. The van der Waals surface area contributed by atoms with Crippen molar-refractivity contribution in [2.24, 2.45) is 0 Å². The molecule has 0 atom stereocenters. The number of hydrogen-bond donors (Lipinski definition) is 1. The van der Waals surface area contributed by atoms with Crippen molar-refractivity contribution in [2.45, 2.75) is 65.3 Å². The van der Waals surface area contributed by atoms with Crippen LogP contribution in [0.15, 0.2) is 12.1 Å². The van der Waals surface area contributed by atoms with E-state index in [1.807, 2.05) is 12.1 Å². The lowest BCUT2D eigenvalue weighted by Crippen LogP contribution is -2.24. The summed E-state index contributed by atoms with van der Waals surface area (Å²) in [4.78, 5) is 4.68. The van der Waals surface area contributed by atoms with Crippen LogP contribution in [-0.2, 0) is 22.0 Å². The van der Waals surface area contributed by atoms with Gasteiger partial charge in [0.25, 0.3) is 0 Å². The van der Waals surface area contributed by atoms with Crippen LogP contribution in [0.1, 0.15) is 51.6 Å². The van der Waals surface area contributed by atoms with Crippen molar-refractivity contribution >= 4 is 9.04 Å². The van der Waals surface area contributed by atoms with E-state index in [0.717, 1.165) is 11.3 Å². The molecule has 1 aromatic rings. The predicted molar refractivity (Wildman–Crippen MR) is 81.8 cm³/mol. The van der Waals surface area contributed by atoms with Gasteiger partial charge in [0.2, 0.25) is 0 Å². The van der Waals surface area contributed by atoms with Gasteiger partial charge in [-0.1, -0.05) is 26.8 Å². The van der Waals surface area contributed by atoms with E-state index in [2.05, 4.69) is 38.8 Å². The van der Waals surface area contributed by atoms with Crippen LogP contribution in [0.5, 0.6) is 0 Å². The molecule has 0 bridgehead atoms. The molecule has 1 heterocycles. The van der Waals surface area contributed by atoms with E-state index < -0.39 is 14.6 Å². The van der Waals surface area contributed by atoms with Crippen LogP contribution in [0.3, 0.4) is 0 Å². The van der Waals surface area contributed by atoms with Crippen LogP contribution in [-0.4, -0.2) is 19.1 Å². The molecule has 0 aromatic carbocycles. The van der Waals surface area contributed by atoms with Crippen molar-refractivity contribution in [3.05, 3.63) is 29.1 Å². The summed E-state index contributed by atoms with van der Waals surface area (Å²) in [5.41, 5.74) is 1.89. The summed E-state index contributed by atoms with van der Waals surface area (Å²) in [7, 11) is -1.04. The minimum Gasteiger partial charge on any atom is -0.416 e. The molecular formula is C15H27NO2Si. The number of nitrogens with zero attached hydrogens (tertiary/aromatic N) is 1. The Kier molecular flexibility index (Phi) is 4.93. The molecule has 1 rings (SSSR count). The first-order chi connectivity index (χ1) is 8.51. The molecule has 19 heavy (non-hydrogen) atoms. The summed E-state index contributed by atoms with van der Waals surface area (Å²) in [6, 6.07) is 3.94. The van der Waals surface area contributed by atoms with Gasteiger partial charge in [-0.3, -0.25) is 4.98 Å². The van der Waals surface area contributed by atoms with Crippen LogP contribution in [0.25, 0.3) is 0 Å². The van der Waals surface area contributed by atoms with Gasteiger partial charge in [-0.2, -0.15) is 0 Å². The van der Waals surface area contributed by atoms with Gasteiger partial charge in [0.05, 0.1) is 18.0 Å². The highest BCUT2D eigenvalue weighted by Crippen LogP contribution is 2.28. The van der Waals surface area contributed by atoms with Gasteiger partial charge >= 0.3 is 0 Å². The lowest BCUT2D eigenvalue weighted by molar-refractivity contribution is 0.0733. The second kappa shape index (κ2) is 5.73. The fourth-order valence-electron chi connectivity index (χ4n) is 1.85. The first-order valence-electron chi connectivity index (χ1n) is 6.86. The first kappa shape index (κ1) is 16.3. The maximum absolute atomic E-state index is 10.1. The standard InChI is InChI=1S/C15H27NO2Si/c1-14(2,3)13-11(10-18-19(6)7)8-9-12(16-13)15(4,5)17/h8-9,17,19H,10H2,1-7H3. The van der Waals surface area contributed by atoms with Crippen LogP contribution >= 0.6 is 0 Å². The minimum absolute atomic E-state index is 0.0571. The number of hydrogen-bond acceptors (Lipinski definition) is 3. The number of aromatic nitrogens is 1. The van der Waals surface area contributed by atoms with Crippen molar-refractivity contribution in [1.82, 2.24) is 4.98 Å². The normalized spacial score (nSPS) is 13.1. The Morgan fingerprint density at radius 1 is 1.16 bits per heavy atom. The van der Waals surface area contributed by atoms with Crippen LogP contribution < -0.4 is 0 Å². The van der Waals surface area contributed by atoms with Gasteiger partial charge in [0.1, 0.15) is 5.60 Å². The monoisotopic (exact) mass is 281 g/mol. The summed E-state index contributed by atoms with van der Waals surface area (Å²) in [6.45, 7) is 14.9. The lowest BCUT2D eigenvalue weighted by Gasteiger charge is -2.25. The molecule has 1 N–H and O–H groups in total. The third kappa shape index (κ3) is 4.71. The van der Waals surface area contributed by atoms with Crippen LogP contribution in [0.2, 0.25) is 13.1 Å². The molecule has 0 amide bonds. The Morgan fingerprint density at radius 3 is 2.16 bits per heavy atom. The molecule has 0 radical (unpaired) electrons. The highest BCUT2D eigenvalue weighted by Gasteiger charge is 2.24. The number of rotatable bonds is 4. The molecule has 0 aliphatic rings. The third-order valence-electron chi connectivity index (χ3n) is 2.89. The topological polar surface area (TPSA) is 42.4 Å². The van der Waals surface area contributed by atoms with Crippen molar-refractivity contribution in [3.8, 4) is 0 Å². The van der Waals surface area contributed by atoms with E-state index in [1.54, 1.807) is 13.8 Å². The molecular weight excluding hydrogens is 254 g/mol. The highest BCUT2D eigenvalue weighted by molar-refractivity contribution is 6.48. The molecule has 3 nitrogen and oxygen atoms in total. The first-order valence-corrected chi connectivity index (χ1v) is 9.64. The zero-order valence-electron chi connectivity index (χ0n) is 13.2. The second-order valence-electron chi connectivity index (χ2n) is 6.87. The van der Waals surface area contributed by atoms with Gasteiger partial charge in [-0.15, -0.1) is 0 Å². The fourth-order valence-corrected chi connectivity index (χ4v) is 2.36. The Bertz CT molecular complexity index is 431. The summed E-state index contributed by atoms with van der Waals surface area (Å²) in [6.07, 6.45) is 0. The molecule has 0 aliphatic carbocycles. The fraction of sp³-hybridized carbons (Fsp3) is 0.667. The molecule has 0 spiro atoms. The Balaban J connectivity index is 3.18. The Morgan fingerprint density at radius 2 is 1.74 bits per heavy atom. The highest BCUT2D eigenvalue weighted by atomic mass is 28.3. The van der Waals surface area contributed by atoms with Gasteiger partial charge < -0.3 is 9.53 Å². The zero-order valence-corrected chi connectivity index (χ0v) is 14.4. The molecule has 1 aromatic heterocycles. The smallest absolute Gasteiger partial charge is 0.171 e. The maximum Gasteiger partial charge on any atom is 0.171 e.